The predicted octanol–water partition coefficient (Wildman–Crippen LogP) is 4.10. The number of amides is 4. The lowest BCUT2D eigenvalue weighted by molar-refractivity contribution is -0.155. The Labute approximate surface area is 283 Å². The number of carbonyl (C=O) groups excluding carboxylic acids is 5. The third-order valence-corrected chi connectivity index (χ3v) is 9.84. The van der Waals surface area contributed by atoms with Crippen LogP contribution in [0.3, 0.4) is 0 Å². The number of benzene rings is 2. The number of Topliss-reactive ketones (excluding diaryl/α,β-unsaturated/α-hetero) is 1. The van der Waals surface area contributed by atoms with Crippen LogP contribution in [0.25, 0.3) is 0 Å². The molecule has 2 fully saturated rings. The zero-order valence-corrected chi connectivity index (χ0v) is 28.2. The Balaban J connectivity index is 1.38. The van der Waals surface area contributed by atoms with Gasteiger partial charge in [-0.2, -0.15) is 13.2 Å². The highest BCUT2D eigenvalue weighted by molar-refractivity contribution is 6.38. The molecule has 2 aromatic rings. The second-order valence-electron chi connectivity index (χ2n) is 14.9. The molecule has 1 saturated carbocycles. The number of likely N-dealkylation sites (tertiary alicyclic amines) is 1. The molecule has 49 heavy (non-hydrogen) atoms. The molecule has 2 aromatic carbocycles. The number of alkyl carbamates (subject to hydrolysis) is 1. The van der Waals surface area contributed by atoms with E-state index in [-0.39, 0.29) is 24.9 Å². The molecule has 3 aliphatic rings. The van der Waals surface area contributed by atoms with Crippen LogP contribution in [0.1, 0.15) is 57.7 Å². The summed E-state index contributed by atoms with van der Waals surface area (Å²) in [5.41, 5.74) is 1.41. The predicted molar refractivity (Wildman–Crippen MR) is 173 cm³/mol. The highest BCUT2D eigenvalue weighted by Gasteiger charge is 2.70. The molecule has 4 unspecified atom stereocenters. The highest BCUT2D eigenvalue weighted by atomic mass is 19.4. The first-order chi connectivity index (χ1) is 22.9. The van der Waals surface area contributed by atoms with Crippen molar-refractivity contribution in [1.82, 2.24) is 20.9 Å². The number of nitrogens with zero attached hydrogens (tertiary/aromatic N) is 1. The number of fused-ring (bicyclic) bond motifs is 2. The molecule has 264 valence electrons. The maximum Gasteiger partial charge on any atom is 0.408 e. The molecule has 1 aliphatic heterocycles. The van der Waals surface area contributed by atoms with E-state index in [2.05, 4.69) is 16.0 Å². The average molecular weight is 685 g/mol. The highest BCUT2D eigenvalue weighted by Crippen LogP contribution is 2.65. The van der Waals surface area contributed by atoms with E-state index < -0.39 is 77.3 Å². The fourth-order valence-electron chi connectivity index (χ4n) is 7.36. The van der Waals surface area contributed by atoms with Gasteiger partial charge in [-0.25, -0.2) is 4.79 Å². The van der Waals surface area contributed by atoms with Crippen molar-refractivity contribution >= 4 is 29.6 Å². The summed E-state index contributed by atoms with van der Waals surface area (Å²) in [4.78, 5) is 68.5. The molecule has 5 rings (SSSR count). The molecule has 3 N–H and O–H groups in total. The zero-order valence-electron chi connectivity index (χ0n) is 28.2. The number of halogens is 3. The monoisotopic (exact) mass is 684 g/mol. The first-order valence-electron chi connectivity index (χ1n) is 16.5. The second-order valence-corrected chi connectivity index (χ2v) is 14.9. The lowest BCUT2D eigenvalue weighted by Gasteiger charge is -2.35. The minimum Gasteiger partial charge on any atom is -0.444 e. The van der Waals surface area contributed by atoms with Crippen LogP contribution >= 0.6 is 0 Å². The van der Waals surface area contributed by atoms with E-state index in [1.807, 2.05) is 38.1 Å². The topological polar surface area (TPSA) is 134 Å². The van der Waals surface area contributed by atoms with E-state index in [9.17, 15) is 37.1 Å². The number of piperidine rings is 1. The lowest BCUT2D eigenvalue weighted by atomic mass is 9.93. The normalized spacial score (nSPS) is 22.3. The maximum atomic E-state index is 14.4. The van der Waals surface area contributed by atoms with Gasteiger partial charge in [0.1, 0.15) is 23.7 Å². The summed E-state index contributed by atoms with van der Waals surface area (Å²) in [7, 11) is 0. The molecular weight excluding hydrogens is 641 g/mol. The summed E-state index contributed by atoms with van der Waals surface area (Å²) in [6.07, 6.45) is -6.51. The lowest BCUT2D eigenvalue weighted by Crippen LogP contribution is -2.60. The molecule has 0 aromatic heterocycles. The Morgan fingerprint density at radius 2 is 1.51 bits per heavy atom. The van der Waals surface area contributed by atoms with Crippen molar-refractivity contribution in [3.05, 3.63) is 71.3 Å². The van der Waals surface area contributed by atoms with Crippen molar-refractivity contribution in [3.8, 4) is 0 Å². The fourth-order valence-corrected chi connectivity index (χ4v) is 7.36. The number of nitrogens with one attached hydrogen (secondary N) is 3. The molecule has 4 amide bonds. The number of ketones is 1. The van der Waals surface area contributed by atoms with Gasteiger partial charge in [-0.3, -0.25) is 19.2 Å². The largest absolute Gasteiger partial charge is 0.444 e. The number of ether oxygens (including phenoxy) is 1. The van der Waals surface area contributed by atoms with Gasteiger partial charge >= 0.3 is 12.3 Å². The molecule has 10 nitrogen and oxygen atoms in total. The van der Waals surface area contributed by atoms with Crippen LogP contribution in [-0.2, 0) is 43.3 Å². The van der Waals surface area contributed by atoms with Crippen LogP contribution in [0.5, 0.6) is 0 Å². The summed E-state index contributed by atoms with van der Waals surface area (Å²) >= 11 is 0. The van der Waals surface area contributed by atoms with Gasteiger partial charge < -0.3 is 25.6 Å². The fraction of sp³-hybridized carbons (Fsp3) is 0.528. The van der Waals surface area contributed by atoms with Gasteiger partial charge in [0, 0.05) is 13.1 Å². The molecule has 5 atom stereocenters. The zero-order chi connectivity index (χ0) is 35.9. The number of alkyl halides is 3. The smallest absolute Gasteiger partial charge is 0.408 e. The number of carbonyl (C=O) groups is 5. The first kappa shape index (κ1) is 35.9. The molecule has 13 heteroatoms. The Kier molecular flexibility index (Phi) is 9.86. The minimum atomic E-state index is -4.89. The van der Waals surface area contributed by atoms with Crippen molar-refractivity contribution in [1.29, 1.82) is 0 Å². The summed E-state index contributed by atoms with van der Waals surface area (Å²) < 4.78 is 46.6. The van der Waals surface area contributed by atoms with Crippen molar-refractivity contribution in [2.75, 3.05) is 6.54 Å². The minimum absolute atomic E-state index is 0.0992. The van der Waals surface area contributed by atoms with Crippen molar-refractivity contribution in [2.45, 2.75) is 90.3 Å². The Bertz CT molecular complexity index is 1580. The first-order valence-corrected chi connectivity index (χ1v) is 16.5. The van der Waals surface area contributed by atoms with Crippen molar-refractivity contribution < 1.29 is 41.9 Å². The second kappa shape index (κ2) is 13.5. The van der Waals surface area contributed by atoms with Crippen molar-refractivity contribution in [3.63, 3.8) is 0 Å². The Morgan fingerprint density at radius 3 is 2.08 bits per heavy atom. The van der Waals surface area contributed by atoms with Crippen LogP contribution in [0, 0.1) is 23.2 Å². The third kappa shape index (κ3) is 8.25. The van der Waals surface area contributed by atoms with Gasteiger partial charge in [-0.15, -0.1) is 0 Å². The SMILES string of the molecule is CC(C)(C)OC(=O)N[C@H](C(=O)N1CC2C(C1C(=O)NC(CC(F)(F)F)C(=O)C(=O)NCc1ccccc1)C2(C)C)C1Cc2ccccc2C1. The van der Waals surface area contributed by atoms with E-state index in [0.29, 0.717) is 18.4 Å². The van der Waals surface area contributed by atoms with Crippen LogP contribution in [-0.4, -0.2) is 70.9 Å². The van der Waals surface area contributed by atoms with Gasteiger partial charge in [-0.1, -0.05) is 68.4 Å². The van der Waals surface area contributed by atoms with E-state index in [1.165, 1.54) is 4.90 Å². The van der Waals surface area contributed by atoms with Crippen LogP contribution in [0.15, 0.2) is 54.6 Å². The molecule has 0 radical (unpaired) electrons. The van der Waals surface area contributed by atoms with E-state index in [4.69, 9.17) is 4.74 Å². The molecule has 1 heterocycles. The summed E-state index contributed by atoms with van der Waals surface area (Å²) in [6, 6.07) is 11.6. The van der Waals surface area contributed by atoms with Crippen LogP contribution < -0.4 is 16.0 Å². The van der Waals surface area contributed by atoms with Crippen molar-refractivity contribution in [2.24, 2.45) is 23.2 Å². The molecule has 2 aliphatic carbocycles. The van der Waals surface area contributed by atoms with Gasteiger partial charge in [0.05, 0.1) is 6.42 Å². The van der Waals surface area contributed by atoms with Gasteiger partial charge in [0.2, 0.25) is 17.6 Å². The van der Waals surface area contributed by atoms with Gasteiger partial charge in [0.25, 0.3) is 5.91 Å². The van der Waals surface area contributed by atoms with Gasteiger partial charge in [0.15, 0.2) is 0 Å². The third-order valence-electron chi connectivity index (χ3n) is 9.84. The Hall–Kier alpha value is -4.42. The average Bonchev–Trinajstić information content (AvgIpc) is 3.38. The number of hydrogen-bond donors (Lipinski definition) is 3. The molecule has 1 saturated heterocycles. The summed E-state index contributed by atoms with van der Waals surface area (Å²) in [6.45, 7) is 8.91. The maximum absolute atomic E-state index is 14.4. The number of hydrogen-bond acceptors (Lipinski definition) is 6. The molecule has 0 bridgehead atoms. The standard InChI is InChI=1S/C36H43F3N4O6/c1-34(2,3)49-33(48)42-27(23-15-21-13-9-10-14-22(21)16-23)32(47)43-19-24-26(35(24,4)5)28(43)30(45)41-25(17-36(37,38)39)29(44)31(46)40-18-20-11-7-6-8-12-20/h6-14,23-28H,15-19H2,1-5H3,(H,40,46)(H,41,45)(H,42,48)/t24?,25?,26?,27-,28?/m0/s1. The quantitative estimate of drug-likeness (QED) is 0.323. The Morgan fingerprint density at radius 1 is 0.918 bits per heavy atom. The van der Waals surface area contributed by atoms with E-state index >= 15 is 0 Å². The number of rotatable bonds is 10. The molecule has 0 spiro atoms. The summed E-state index contributed by atoms with van der Waals surface area (Å²) in [5, 5.41) is 7.25. The van der Waals surface area contributed by atoms with Crippen LogP contribution in [0.4, 0.5) is 18.0 Å². The van der Waals surface area contributed by atoms with Gasteiger partial charge in [-0.05, 0) is 73.5 Å². The van der Waals surface area contributed by atoms with E-state index in [0.717, 1.165) is 11.1 Å². The van der Waals surface area contributed by atoms with E-state index in [1.54, 1.807) is 51.1 Å². The molecular formula is C36H43F3N4O6. The van der Waals surface area contributed by atoms with Crippen LogP contribution in [0.2, 0.25) is 0 Å². The summed E-state index contributed by atoms with van der Waals surface area (Å²) in [5.74, 6) is -5.17.